The Labute approximate surface area is 127 Å². The summed E-state index contributed by atoms with van der Waals surface area (Å²) in [4.78, 5) is 16.0. The third-order valence-corrected chi connectivity index (χ3v) is 2.97. The molecule has 0 atom stereocenters. The van der Waals surface area contributed by atoms with Crippen LogP contribution >= 0.6 is 0 Å². The number of aryl methyl sites for hydroxylation is 1. The van der Waals surface area contributed by atoms with E-state index < -0.39 is 5.97 Å². The van der Waals surface area contributed by atoms with Crippen molar-refractivity contribution in [3.05, 3.63) is 72.3 Å². The van der Waals surface area contributed by atoms with E-state index in [2.05, 4.69) is 4.98 Å². The molecule has 0 bridgehead atoms. The van der Waals surface area contributed by atoms with Gasteiger partial charge in [-0.25, -0.2) is 9.78 Å². The number of furan rings is 1. The van der Waals surface area contributed by atoms with Gasteiger partial charge in [-0.15, -0.1) is 0 Å². The summed E-state index contributed by atoms with van der Waals surface area (Å²) in [6, 6.07) is 13.7. The van der Waals surface area contributed by atoms with Crippen molar-refractivity contribution < 1.29 is 18.7 Å². The number of esters is 1. The van der Waals surface area contributed by atoms with Crippen molar-refractivity contribution in [1.82, 2.24) is 4.98 Å². The highest BCUT2D eigenvalue weighted by molar-refractivity contribution is 5.91. The van der Waals surface area contributed by atoms with Gasteiger partial charge < -0.3 is 13.9 Å². The average Bonchev–Trinajstić information content (AvgIpc) is 2.96. The van der Waals surface area contributed by atoms with Crippen LogP contribution in [0, 0.1) is 6.92 Å². The van der Waals surface area contributed by atoms with Gasteiger partial charge in [0.05, 0.1) is 6.26 Å². The minimum Gasteiger partial charge on any atom is -0.469 e. The largest absolute Gasteiger partial charge is 0.469 e. The summed E-state index contributed by atoms with van der Waals surface area (Å²) in [5.74, 6) is 1.61. The fourth-order valence-corrected chi connectivity index (χ4v) is 1.86. The molecule has 110 valence electrons. The maximum absolute atomic E-state index is 11.9. The summed E-state index contributed by atoms with van der Waals surface area (Å²) in [7, 11) is 0. The summed E-state index contributed by atoms with van der Waals surface area (Å²) in [5.41, 5.74) is 0.411. The first-order valence-corrected chi connectivity index (χ1v) is 6.67. The first kappa shape index (κ1) is 13.9. The van der Waals surface area contributed by atoms with Gasteiger partial charge in [0.2, 0.25) is 5.88 Å². The molecule has 0 saturated heterocycles. The number of pyridine rings is 1. The summed E-state index contributed by atoms with van der Waals surface area (Å²) in [6.45, 7) is 1.71. The van der Waals surface area contributed by atoms with Crippen molar-refractivity contribution >= 4 is 5.97 Å². The second-order valence-electron chi connectivity index (χ2n) is 4.52. The van der Waals surface area contributed by atoms with Crippen LogP contribution in [0.25, 0.3) is 0 Å². The number of ether oxygens (including phenoxy) is 2. The molecule has 0 saturated carbocycles. The third-order valence-electron chi connectivity index (χ3n) is 2.97. The zero-order chi connectivity index (χ0) is 15.4. The molecule has 0 spiro atoms. The van der Waals surface area contributed by atoms with Gasteiger partial charge in [0.15, 0.2) is 0 Å². The molecule has 3 aromatic rings. The Hall–Kier alpha value is -3.08. The Bertz CT molecular complexity index is 763. The number of carbonyl (C=O) groups is 1. The van der Waals surface area contributed by atoms with Crippen molar-refractivity contribution in [2.75, 3.05) is 0 Å². The van der Waals surface area contributed by atoms with Crippen LogP contribution in [-0.2, 0) is 0 Å². The van der Waals surface area contributed by atoms with E-state index in [1.807, 2.05) is 12.1 Å². The first-order valence-electron chi connectivity index (χ1n) is 6.67. The van der Waals surface area contributed by atoms with E-state index in [9.17, 15) is 4.79 Å². The molecule has 2 heterocycles. The minimum atomic E-state index is -0.454. The van der Waals surface area contributed by atoms with Gasteiger partial charge in [-0.2, -0.15) is 0 Å². The van der Waals surface area contributed by atoms with Gasteiger partial charge in [0.1, 0.15) is 22.8 Å². The molecular formula is C17H13NO4. The molecule has 0 aliphatic heterocycles. The van der Waals surface area contributed by atoms with Crippen molar-refractivity contribution in [1.29, 1.82) is 0 Å². The van der Waals surface area contributed by atoms with Gasteiger partial charge in [-0.3, -0.25) is 0 Å². The number of aromatic nitrogens is 1. The molecule has 0 radical (unpaired) electrons. The normalized spacial score (nSPS) is 10.2. The standard InChI is InChI=1S/C17H13NO4/c1-12-15(9-11-20-12)17(19)22-14-7-5-13(6-8-14)21-16-4-2-3-10-18-16/h2-11H,1H3. The lowest BCUT2D eigenvalue weighted by atomic mass is 10.2. The van der Waals surface area contributed by atoms with Crippen LogP contribution in [-0.4, -0.2) is 11.0 Å². The molecule has 0 unspecified atom stereocenters. The highest BCUT2D eigenvalue weighted by Crippen LogP contribution is 2.23. The molecule has 0 amide bonds. The molecule has 3 rings (SSSR count). The summed E-state index contributed by atoms with van der Waals surface area (Å²) < 4.78 is 15.9. The van der Waals surface area contributed by atoms with Gasteiger partial charge in [-0.1, -0.05) is 6.07 Å². The van der Waals surface area contributed by atoms with Gasteiger partial charge in [0.25, 0.3) is 0 Å². The predicted octanol–water partition coefficient (Wildman–Crippen LogP) is 3.99. The number of rotatable bonds is 4. The van der Waals surface area contributed by atoms with Crippen LogP contribution in [0.3, 0.4) is 0 Å². The molecule has 0 aliphatic rings. The Morgan fingerprint density at radius 2 is 1.82 bits per heavy atom. The van der Waals surface area contributed by atoms with E-state index in [0.29, 0.717) is 28.7 Å². The fraction of sp³-hybridized carbons (Fsp3) is 0.0588. The quantitative estimate of drug-likeness (QED) is 0.538. The Balaban J connectivity index is 1.67. The van der Waals surface area contributed by atoms with Crippen molar-refractivity contribution in [3.8, 4) is 17.4 Å². The summed E-state index contributed by atoms with van der Waals surface area (Å²) in [6.07, 6.45) is 3.11. The van der Waals surface area contributed by atoms with Crippen LogP contribution in [0.1, 0.15) is 16.1 Å². The molecule has 0 aliphatic carbocycles. The van der Waals surface area contributed by atoms with Gasteiger partial charge in [-0.05, 0) is 43.3 Å². The van der Waals surface area contributed by atoms with E-state index in [4.69, 9.17) is 13.9 Å². The van der Waals surface area contributed by atoms with E-state index in [1.54, 1.807) is 49.5 Å². The molecule has 5 heteroatoms. The summed E-state index contributed by atoms with van der Waals surface area (Å²) >= 11 is 0. The van der Waals surface area contributed by atoms with Crippen LogP contribution in [0.5, 0.6) is 17.4 Å². The molecular weight excluding hydrogens is 282 g/mol. The molecule has 0 fully saturated rings. The SMILES string of the molecule is Cc1occc1C(=O)Oc1ccc(Oc2ccccn2)cc1. The topological polar surface area (TPSA) is 61.6 Å². The van der Waals surface area contributed by atoms with Crippen molar-refractivity contribution in [2.24, 2.45) is 0 Å². The second kappa shape index (κ2) is 6.13. The van der Waals surface area contributed by atoms with E-state index in [1.165, 1.54) is 6.26 Å². The van der Waals surface area contributed by atoms with Crippen LogP contribution in [0.2, 0.25) is 0 Å². The maximum atomic E-state index is 11.9. The smallest absolute Gasteiger partial charge is 0.347 e. The Morgan fingerprint density at radius 3 is 2.45 bits per heavy atom. The van der Waals surface area contributed by atoms with Gasteiger partial charge >= 0.3 is 5.97 Å². The number of benzene rings is 1. The molecule has 22 heavy (non-hydrogen) atoms. The van der Waals surface area contributed by atoms with Crippen LogP contribution in [0.15, 0.2) is 65.4 Å². The minimum absolute atomic E-state index is 0.411. The second-order valence-corrected chi connectivity index (χ2v) is 4.52. The van der Waals surface area contributed by atoms with Gasteiger partial charge in [0, 0.05) is 12.3 Å². The number of hydrogen-bond acceptors (Lipinski definition) is 5. The molecule has 5 nitrogen and oxygen atoms in total. The third kappa shape index (κ3) is 3.15. The molecule has 2 aromatic heterocycles. The summed E-state index contributed by atoms with van der Waals surface area (Å²) in [5, 5.41) is 0. The van der Waals surface area contributed by atoms with Crippen molar-refractivity contribution in [2.45, 2.75) is 6.92 Å². The number of carbonyl (C=O) groups excluding carboxylic acids is 1. The first-order chi connectivity index (χ1) is 10.7. The lowest BCUT2D eigenvalue weighted by Gasteiger charge is -2.06. The molecule has 0 N–H and O–H groups in total. The fourth-order valence-electron chi connectivity index (χ4n) is 1.86. The Morgan fingerprint density at radius 1 is 1.05 bits per heavy atom. The van der Waals surface area contributed by atoms with Crippen LogP contribution in [0.4, 0.5) is 0 Å². The van der Waals surface area contributed by atoms with E-state index in [-0.39, 0.29) is 0 Å². The monoisotopic (exact) mass is 295 g/mol. The average molecular weight is 295 g/mol. The van der Waals surface area contributed by atoms with Crippen LogP contribution < -0.4 is 9.47 Å². The predicted molar refractivity (Wildman–Crippen MR) is 79.2 cm³/mol. The van der Waals surface area contributed by atoms with Crippen molar-refractivity contribution in [3.63, 3.8) is 0 Å². The lowest BCUT2D eigenvalue weighted by Crippen LogP contribution is -2.08. The lowest BCUT2D eigenvalue weighted by molar-refractivity contribution is 0.0733. The number of hydrogen-bond donors (Lipinski definition) is 0. The highest BCUT2D eigenvalue weighted by atomic mass is 16.5. The van der Waals surface area contributed by atoms with E-state index in [0.717, 1.165) is 0 Å². The highest BCUT2D eigenvalue weighted by Gasteiger charge is 2.13. The Kier molecular flexibility index (Phi) is 3.87. The zero-order valence-corrected chi connectivity index (χ0v) is 11.9. The zero-order valence-electron chi connectivity index (χ0n) is 11.9. The maximum Gasteiger partial charge on any atom is 0.347 e. The van der Waals surface area contributed by atoms with E-state index >= 15 is 0 Å². The molecule has 1 aromatic carbocycles. The number of nitrogens with zero attached hydrogens (tertiary/aromatic N) is 1.